The van der Waals surface area contributed by atoms with E-state index in [0.717, 1.165) is 21.4 Å². The van der Waals surface area contributed by atoms with Crippen LogP contribution in [0.25, 0.3) is 16.8 Å². The fourth-order valence-electron chi connectivity index (χ4n) is 2.45. The maximum Gasteiger partial charge on any atom is 0.439 e. The lowest BCUT2D eigenvalue weighted by molar-refractivity contribution is 0.0508. The Bertz CT molecular complexity index is 984. The first-order valence-corrected chi connectivity index (χ1v) is 8.91. The Morgan fingerprint density at radius 1 is 1.20 bits per heavy atom. The van der Waals surface area contributed by atoms with E-state index in [1.165, 1.54) is 4.40 Å². The van der Waals surface area contributed by atoms with Crippen LogP contribution in [0.1, 0.15) is 26.3 Å². The van der Waals surface area contributed by atoms with Crippen molar-refractivity contribution < 1.29 is 9.53 Å². The van der Waals surface area contributed by atoms with E-state index in [2.05, 4.69) is 21.0 Å². The van der Waals surface area contributed by atoms with Crippen LogP contribution >= 0.6 is 15.9 Å². The normalized spacial score (nSPS) is 11.7. The summed E-state index contributed by atoms with van der Waals surface area (Å²) in [5, 5.41) is 4.67. The number of carbonyl (C=O) groups is 1. The van der Waals surface area contributed by atoms with Gasteiger partial charge in [-0.2, -0.15) is 0 Å². The van der Waals surface area contributed by atoms with Crippen LogP contribution in [0, 0.1) is 0 Å². The van der Waals surface area contributed by atoms with Crippen molar-refractivity contribution >= 4 is 27.7 Å². The summed E-state index contributed by atoms with van der Waals surface area (Å²) in [7, 11) is 0. The summed E-state index contributed by atoms with van der Waals surface area (Å²) in [5.74, 6) is 0. The van der Waals surface area contributed by atoms with Crippen molar-refractivity contribution in [1.82, 2.24) is 14.2 Å². The monoisotopic (exact) mass is 403 g/mol. The molecule has 0 aliphatic rings. The lowest BCUT2D eigenvalue weighted by Crippen LogP contribution is -2.34. The molecular weight excluding hydrogens is 386 g/mol. The number of hydrogen-bond donors (Lipinski definition) is 0. The Kier molecular flexibility index (Phi) is 4.51. The molecule has 6 nitrogen and oxygen atoms in total. The van der Waals surface area contributed by atoms with E-state index in [9.17, 15) is 9.59 Å². The fourth-order valence-corrected chi connectivity index (χ4v) is 2.87. The minimum absolute atomic E-state index is 0.424. The van der Waals surface area contributed by atoms with E-state index in [0.29, 0.717) is 11.0 Å². The van der Waals surface area contributed by atoms with Crippen molar-refractivity contribution in [2.24, 2.45) is 0 Å². The second kappa shape index (κ2) is 6.48. The summed E-state index contributed by atoms with van der Waals surface area (Å²) in [4.78, 5) is 24.9. The van der Waals surface area contributed by atoms with Crippen LogP contribution in [-0.4, -0.2) is 25.9 Å². The number of hydrogen-bond acceptors (Lipinski definition) is 4. The Balaban J connectivity index is 2.17. The highest BCUT2D eigenvalue weighted by molar-refractivity contribution is 9.08. The average Bonchev–Trinajstić information content (AvgIpc) is 2.90. The van der Waals surface area contributed by atoms with Crippen molar-refractivity contribution in [1.29, 1.82) is 0 Å². The number of nitrogens with zero attached hydrogens (tertiary/aromatic N) is 3. The van der Waals surface area contributed by atoms with Gasteiger partial charge in [0, 0.05) is 17.1 Å². The first-order chi connectivity index (χ1) is 11.8. The lowest BCUT2D eigenvalue weighted by atomic mass is 10.1. The molecule has 0 bridgehead atoms. The molecule has 7 heteroatoms. The molecular formula is C18H18BrN3O3. The lowest BCUT2D eigenvalue weighted by Gasteiger charge is -2.18. The first kappa shape index (κ1) is 17.4. The van der Waals surface area contributed by atoms with Gasteiger partial charge in [0.05, 0.1) is 0 Å². The van der Waals surface area contributed by atoms with Crippen LogP contribution in [0.3, 0.4) is 0 Å². The van der Waals surface area contributed by atoms with Gasteiger partial charge in [-0.1, -0.05) is 46.3 Å². The van der Waals surface area contributed by atoms with Crippen molar-refractivity contribution in [2.75, 3.05) is 0 Å². The molecule has 0 radical (unpaired) electrons. The molecule has 0 spiro atoms. The van der Waals surface area contributed by atoms with Crippen LogP contribution in [0.4, 0.5) is 4.79 Å². The van der Waals surface area contributed by atoms with Gasteiger partial charge in [0.2, 0.25) is 0 Å². The third-order valence-corrected chi connectivity index (χ3v) is 4.12. The van der Waals surface area contributed by atoms with Gasteiger partial charge in [0.25, 0.3) is 0 Å². The number of ether oxygens (including phenoxy) is 1. The number of pyridine rings is 1. The van der Waals surface area contributed by atoms with Crippen molar-refractivity contribution in [3.8, 4) is 11.1 Å². The molecule has 2 heterocycles. The summed E-state index contributed by atoms with van der Waals surface area (Å²) in [6, 6.07) is 11.7. The van der Waals surface area contributed by atoms with E-state index >= 15 is 0 Å². The first-order valence-electron chi connectivity index (χ1n) is 7.79. The third kappa shape index (κ3) is 3.51. The molecule has 0 saturated carbocycles. The zero-order chi connectivity index (χ0) is 18.2. The number of rotatable bonds is 2. The fraction of sp³-hybridized carbons (Fsp3) is 0.278. The molecule has 130 valence electrons. The maximum absolute atomic E-state index is 12.7. The minimum Gasteiger partial charge on any atom is -0.442 e. The van der Waals surface area contributed by atoms with Crippen molar-refractivity contribution in [2.45, 2.75) is 31.7 Å². The predicted octanol–water partition coefficient (Wildman–Crippen LogP) is 3.84. The van der Waals surface area contributed by atoms with Crippen LogP contribution in [0.5, 0.6) is 0 Å². The van der Waals surface area contributed by atoms with E-state index in [4.69, 9.17) is 4.74 Å². The largest absolute Gasteiger partial charge is 0.442 e. The molecule has 0 aliphatic carbocycles. The zero-order valence-corrected chi connectivity index (χ0v) is 15.8. The molecule has 3 rings (SSSR count). The van der Waals surface area contributed by atoms with Crippen LogP contribution in [0.15, 0.2) is 47.4 Å². The van der Waals surface area contributed by atoms with Crippen molar-refractivity contribution in [3.05, 3.63) is 58.6 Å². The molecule has 25 heavy (non-hydrogen) atoms. The summed E-state index contributed by atoms with van der Waals surface area (Å²) in [6.07, 6.45) is 0.899. The minimum atomic E-state index is -0.789. The molecule has 0 saturated heterocycles. The van der Waals surface area contributed by atoms with Gasteiger partial charge in [-0.25, -0.2) is 14.0 Å². The molecule has 0 aliphatic heterocycles. The Morgan fingerprint density at radius 2 is 1.88 bits per heavy atom. The topological polar surface area (TPSA) is 65.6 Å². The van der Waals surface area contributed by atoms with E-state index in [-0.39, 0.29) is 0 Å². The van der Waals surface area contributed by atoms with Gasteiger partial charge in [-0.3, -0.25) is 0 Å². The Morgan fingerprint density at radius 3 is 2.48 bits per heavy atom. The van der Waals surface area contributed by atoms with Gasteiger partial charge < -0.3 is 4.74 Å². The Hall–Kier alpha value is -2.41. The number of alkyl halides is 1. The van der Waals surface area contributed by atoms with Gasteiger partial charge in [-0.15, -0.1) is 9.78 Å². The second-order valence-corrected chi connectivity index (χ2v) is 7.18. The van der Waals surface area contributed by atoms with Crippen LogP contribution < -0.4 is 5.69 Å². The van der Waals surface area contributed by atoms with E-state index in [1.54, 1.807) is 27.0 Å². The molecule has 3 aromatic rings. The highest BCUT2D eigenvalue weighted by Crippen LogP contribution is 2.23. The van der Waals surface area contributed by atoms with Crippen LogP contribution in [-0.2, 0) is 10.1 Å². The quantitative estimate of drug-likeness (QED) is 0.609. The second-order valence-electron chi connectivity index (χ2n) is 6.62. The predicted molar refractivity (Wildman–Crippen MR) is 99.2 cm³/mol. The molecule has 1 aromatic carbocycles. The number of fused-ring (bicyclic) bond motifs is 1. The van der Waals surface area contributed by atoms with Gasteiger partial charge in [0.1, 0.15) is 5.60 Å². The van der Waals surface area contributed by atoms with E-state index < -0.39 is 17.4 Å². The van der Waals surface area contributed by atoms with Gasteiger partial charge in [-0.05, 0) is 38.0 Å². The molecule has 2 aromatic heterocycles. The standard InChI is InChI=1S/C18H18BrN3O3/c1-18(2,3)25-17(24)22-16(23)21-11-14(12-7-5-4-6-8-12)9-13(10-19)15(21)20-22/h4-9,11H,10H2,1-3H3. The maximum atomic E-state index is 12.7. The number of carbonyl (C=O) groups excluding carboxylic acids is 1. The highest BCUT2D eigenvalue weighted by Gasteiger charge is 2.23. The molecule has 0 N–H and O–H groups in total. The van der Waals surface area contributed by atoms with Crippen LogP contribution in [0.2, 0.25) is 0 Å². The molecule has 0 amide bonds. The van der Waals surface area contributed by atoms with Crippen molar-refractivity contribution in [3.63, 3.8) is 0 Å². The summed E-state index contributed by atoms with van der Waals surface area (Å²) in [5.41, 5.74) is 1.81. The molecule has 0 fully saturated rings. The highest BCUT2D eigenvalue weighted by atomic mass is 79.9. The van der Waals surface area contributed by atoms with Gasteiger partial charge >= 0.3 is 11.8 Å². The smallest absolute Gasteiger partial charge is 0.439 e. The number of halogens is 1. The average molecular weight is 404 g/mol. The number of benzene rings is 1. The van der Waals surface area contributed by atoms with Gasteiger partial charge in [0.15, 0.2) is 5.65 Å². The summed E-state index contributed by atoms with van der Waals surface area (Å²) < 4.78 is 7.40. The molecule has 0 atom stereocenters. The zero-order valence-electron chi connectivity index (χ0n) is 14.2. The Labute approximate surface area is 153 Å². The van der Waals surface area contributed by atoms with E-state index in [1.807, 2.05) is 36.4 Å². The molecule has 0 unspecified atom stereocenters. The summed E-state index contributed by atoms with van der Waals surface area (Å²) >= 11 is 3.42. The summed E-state index contributed by atoms with van der Waals surface area (Å²) in [6.45, 7) is 5.22. The SMILES string of the molecule is CC(C)(C)OC(=O)n1nc2c(CBr)cc(-c3ccccc3)cn2c1=O. The number of aromatic nitrogens is 3. The third-order valence-electron chi connectivity index (χ3n) is 3.51.